The van der Waals surface area contributed by atoms with Crippen molar-refractivity contribution in [1.82, 2.24) is 39.7 Å². The van der Waals surface area contributed by atoms with E-state index < -0.39 is 29.3 Å². The molecule has 0 unspecified atom stereocenters. The van der Waals surface area contributed by atoms with Gasteiger partial charge in [0, 0.05) is 11.9 Å². The second-order valence-electron chi connectivity index (χ2n) is 7.80. The molecule has 0 spiro atoms. The molecule has 0 aliphatic rings. The quantitative estimate of drug-likeness (QED) is 0.383. The van der Waals surface area contributed by atoms with Crippen LogP contribution in [0, 0.1) is 0 Å². The second-order valence-corrected chi connectivity index (χ2v) is 7.80. The van der Waals surface area contributed by atoms with Crippen LogP contribution < -0.4 is 5.32 Å². The van der Waals surface area contributed by atoms with Gasteiger partial charge < -0.3 is 10.4 Å². The van der Waals surface area contributed by atoms with Crippen molar-refractivity contribution in [2.24, 2.45) is 0 Å². The summed E-state index contributed by atoms with van der Waals surface area (Å²) in [5.41, 5.74) is -4.34. The molecule has 188 valence electrons. The van der Waals surface area contributed by atoms with Crippen LogP contribution >= 0.6 is 0 Å². The van der Waals surface area contributed by atoms with Crippen molar-refractivity contribution in [2.75, 3.05) is 5.32 Å². The van der Waals surface area contributed by atoms with Crippen molar-refractivity contribution in [3.63, 3.8) is 0 Å². The minimum atomic E-state index is -4.75. The van der Waals surface area contributed by atoms with Crippen molar-refractivity contribution in [3.05, 3.63) is 60.1 Å². The van der Waals surface area contributed by atoms with Gasteiger partial charge in [0.15, 0.2) is 11.6 Å². The van der Waals surface area contributed by atoms with Crippen LogP contribution in [0.15, 0.2) is 42.9 Å². The molecule has 0 aromatic carbocycles. The lowest BCUT2D eigenvalue weighted by atomic mass is 10.1. The van der Waals surface area contributed by atoms with E-state index in [0.717, 1.165) is 29.3 Å². The van der Waals surface area contributed by atoms with E-state index in [-0.39, 0.29) is 34.9 Å². The van der Waals surface area contributed by atoms with Crippen LogP contribution in [0.5, 0.6) is 0 Å². The Hall–Kier alpha value is -4.21. The number of nitrogens with zero attached hydrogens (tertiary/aromatic N) is 8. The number of pyridine rings is 2. The largest absolute Gasteiger partial charge is 0.433 e. The third-order valence-corrected chi connectivity index (χ3v) is 4.48. The summed E-state index contributed by atoms with van der Waals surface area (Å²) in [5, 5.41) is 16.9. The van der Waals surface area contributed by atoms with E-state index in [9.17, 15) is 31.4 Å². The van der Waals surface area contributed by atoms with Gasteiger partial charge in [-0.05, 0) is 38.1 Å². The van der Waals surface area contributed by atoms with Gasteiger partial charge in [0.25, 0.3) is 5.95 Å². The van der Waals surface area contributed by atoms with Crippen LogP contribution in [-0.2, 0) is 18.0 Å². The highest BCUT2D eigenvalue weighted by Crippen LogP contribution is 2.31. The van der Waals surface area contributed by atoms with Crippen molar-refractivity contribution in [2.45, 2.75) is 31.8 Å². The molecule has 0 aliphatic carbocycles. The van der Waals surface area contributed by atoms with E-state index in [2.05, 4.69) is 40.3 Å². The first-order chi connectivity index (χ1) is 16.7. The summed E-state index contributed by atoms with van der Waals surface area (Å²) >= 11 is 0. The van der Waals surface area contributed by atoms with Gasteiger partial charge in [0.05, 0.1) is 0 Å². The number of hydrogen-bond acceptors (Lipinski definition) is 9. The molecule has 0 atom stereocenters. The highest BCUT2D eigenvalue weighted by molar-refractivity contribution is 5.58. The third-order valence-electron chi connectivity index (χ3n) is 4.48. The molecule has 2 N–H and O–H groups in total. The van der Waals surface area contributed by atoms with Crippen LogP contribution in [0.2, 0.25) is 0 Å². The summed E-state index contributed by atoms with van der Waals surface area (Å²) in [5.74, 6) is -1.01. The highest BCUT2D eigenvalue weighted by Gasteiger charge is 2.34. The van der Waals surface area contributed by atoms with Gasteiger partial charge in [-0.2, -0.15) is 51.1 Å². The zero-order chi connectivity index (χ0) is 26.3. The molecule has 4 rings (SSSR count). The Morgan fingerprint density at radius 3 is 2.25 bits per heavy atom. The smallest absolute Gasteiger partial charge is 0.382 e. The molecule has 0 fully saturated rings. The van der Waals surface area contributed by atoms with Crippen LogP contribution in [0.25, 0.3) is 17.5 Å². The molecule has 4 aromatic rings. The Morgan fingerprint density at radius 2 is 1.58 bits per heavy atom. The average Bonchev–Trinajstić information content (AvgIpc) is 3.29. The molecule has 0 saturated heterocycles. The maximum Gasteiger partial charge on any atom is 0.433 e. The molecule has 4 aromatic heterocycles. The Morgan fingerprint density at radius 1 is 0.861 bits per heavy atom. The first kappa shape index (κ1) is 24.9. The molecule has 0 amide bonds. The zero-order valence-electron chi connectivity index (χ0n) is 18.3. The fraction of sp³-hybridized carbons (Fsp3) is 0.250. The minimum Gasteiger partial charge on any atom is -0.382 e. The average molecular weight is 511 g/mol. The molecule has 0 radical (unpaired) electrons. The zero-order valence-corrected chi connectivity index (χ0v) is 18.3. The molecule has 10 nitrogen and oxygen atoms in total. The van der Waals surface area contributed by atoms with Crippen molar-refractivity contribution in [3.8, 4) is 17.5 Å². The predicted octanol–water partition coefficient (Wildman–Crippen LogP) is 3.92. The van der Waals surface area contributed by atoms with E-state index in [0.29, 0.717) is 6.07 Å². The van der Waals surface area contributed by atoms with Crippen LogP contribution in [0.4, 0.5) is 38.0 Å². The Balaban J connectivity index is 1.86. The molecule has 0 saturated carbocycles. The predicted molar refractivity (Wildman–Crippen MR) is 111 cm³/mol. The van der Waals surface area contributed by atoms with Gasteiger partial charge in [-0.25, -0.2) is 9.97 Å². The summed E-state index contributed by atoms with van der Waals surface area (Å²) in [4.78, 5) is 23.0. The SMILES string of the molecule is CC(C)(O)c1ncnn1-c1nc(Nc2ccnc(C(F)(F)F)c2)nc(-c2cccc(C(F)(F)F)n2)n1. The van der Waals surface area contributed by atoms with E-state index in [1.165, 1.54) is 26.0 Å². The normalized spacial score (nSPS) is 12.6. The fourth-order valence-corrected chi connectivity index (χ4v) is 2.94. The molecular formula is C20H15F6N9O. The lowest BCUT2D eigenvalue weighted by Crippen LogP contribution is -2.23. The maximum absolute atomic E-state index is 13.2. The van der Waals surface area contributed by atoms with Crippen LogP contribution in [-0.4, -0.2) is 44.8 Å². The van der Waals surface area contributed by atoms with Gasteiger partial charge in [0.1, 0.15) is 29.0 Å². The van der Waals surface area contributed by atoms with E-state index in [1.54, 1.807) is 0 Å². The van der Waals surface area contributed by atoms with E-state index in [1.807, 2.05) is 0 Å². The molecule has 0 bridgehead atoms. The van der Waals surface area contributed by atoms with Crippen molar-refractivity contribution >= 4 is 11.6 Å². The fourth-order valence-electron chi connectivity index (χ4n) is 2.94. The van der Waals surface area contributed by atoms with Crippen molar-refractivity contribution in [1.29, 1.82) is 0 Å². The summed E-state index contributed by atoms with van der Waals surface area (Å²) in [7, 11) is 0. The van der Waals surface area contributed by atoms with Crippen LogP contribution in [0.1, 0.15) is 31.1 Å². The number of aliphatic hydroxyl groups is 1. The van der Waals surface area contributed by atoms with Gasteiger partial charge in [-0.15, -0.1) is 0 Å². The van der Waals surface area contributed by atoms with Gasteiger partial charge in [0.2, 0.25) is 5.95 Å². The summed E-state index contributed by atoms with van der Waals surface area (Å²) in [6, 6.07) is 4.97. The topological polar surface area (TPSA) is 127 Å². The Labute approximate surface area is 198 Å². The highest BCUT2D eigenvalue weighted by atomic mass is 19.4. The maximum atomic E-state index is 13.2. The summed E-state index contributed by atoms with van der Waals surface area (Å²) < 4.78 is 79.8. The number of halogens is 6. The lowest BCUT2D eigenvalue weighted by molar-refractivity contribution is -0.141. The minimum absolute atomic E-state index is 0.0223. The second kappa shape index (κ2) is 8.78. The standard InChI is InChI=1S/C20H15F6N9O/c1-18(2,36)15-28-9-29-35(15)17-33-14(11-4-3-5-12(31-11)19(21,22)23)32-16(34-17)30-10-6-7-27-13(8-10)20(24,25)26/h3-9,36H,1-2H3,(H,27,30,32,33,34). The summed E-state index contributed by atoms with van der Waals surface area (Å²) in [6.45, 7) is 2.80. The van der Waals surface area contributed by atoms with Gasteiger partial charge in [-0.3, -0.25) is 4.98 Å². The lowest BCUT2D eigenvalue weighted by Gasteiger charge is -2.17. The number of anilines is 2. The molecule has 36 heavy (non-hydrogen) atoms. The number of rotatable bonds is 5. The molecular weight excluding hydrogens is 496 g/mol. The third kappa shape index (κ3) is 5.37. The Kier molecular flexibility index (Phi) is 6.07. The molecule has 4 heterocycles. The first-order valence-electron chi connectivity index (χ1n) is 9.96. The summed E-state index contributed by atoms with van der Waals surface area (Å²) in [6.07, 6.45) is -7.48. The number of nitrogens with one attached hydrogen (secondary N) is 1. The first-order valence-corrected chi connectivity index (χ1v) is 9.96. The van der Waals surface area contributed by atoms with Crippen molar-refractivity contribution < 1.29 is 31.4 Å². The number of alkyl halides is 6. The number of hydrogen-bond donors (Lipinski definition) is 2. The number of aromatic nitrogens is 8. The molecule has 16 heteroatoms. The van der Waals surface area contributed by atoms with Crippen LogP contribution in [0.3, 0.4) is 0 Å². The molecule has 0 aliphatic heterocycles. The van der Waals surface area contributed by atoms with Gasteiger partial charge >= 0.3 is 12.4 Å². The van der Waals surface area contributed by atoms with Gasteiger partial charge in [-0.1, -0.05) is 6.07 Å². The Bertz CT molecular complexity index is 1400. The van der Waals surface area contributed by atoms with E-state index >= 15 is 0 Å². The monoisotopic (exact) mass is 511 g/mol. The van der Waals surface area contributed by atoms with E-state index in [4.69, 9.17) is 0 Å².